The zero-order valence-corrected chi connectivity index (χ0v) is 13.3. The zero-order chi connectivity index (χ0) is 15.9. The van der Waals surface area contributed by atoms with Gasteiger partial charge in [-0.1, -0.05) is 38.0 Å². The Morgan fingerprint density at radius 3 is 2.86 bits per heavy atom. The minimum atomic E-state index is -0.179. The van der Waals surface area contributed by atoms with Crippen molar-refractivity contribution < 1.29 is 4.79 Å². The molecule has 0 aliphatic rings. The maximum Gasteiger partial charge on any atom is 0.253 e. The predicted octanol–water partition coefficient (Wildman–Crippen LogP) is 3.72. The van der Waals surface area contributed by atoms with Crippen molar-refractivity contribution >= 4 is 16.8 Å². The van der Waals surface area contributed by atoms with Gasteiger partial charge in [0.1, 0.15) is 0 Å². The van der Waals surface area contributed by atoms with E-state index in [1.165, 1.54) is 12.8 Å². The van der Waals surface area contributed by atoms with Gasteiger partial charge >= 0.3 is 0 Å². The first-order valence-corrected chi connectivity index (χ1v) is 7.93. The van der Waals surface area contributed by atoms with E-state index in [0.29, 0.717) is 12.1 Å². The van der Waals surface area contributed by atoms with Gasteiger partial charge in [-0.15, -0.1) is 0 Å². The van der Waals surface area contributed by atoms with Crippen LogP contribution in [0.4, 0.5) is 0 Å². The molecule has 1 heterocycles. The third-order valence-corrected chi connectivity index (χ3v) is 3.82. The molecule has 0 bridgehead atoms. The highest BCUT2D eigenvalue weighted by molar-refractivity contribution is 6.07. The molecule has 1 aromatic heterocycles. The first-order chi connectivity index (χ1) is 10.7. The number of nitriles is 1. The number of fused-ring (bicyclic) bond motifs is 1. The van der Waals surface area contributed by atoms with Crippen molar-refractivity contribution in [3.8, 4) is 6.07 Å². The Labute approximate surface area is 131 Å². The second-order valence-electron chi connectivity index (χ2n) is 5.70. The van der Waals surface area contributed by atoms with E-state index in [1.807, 2.05) is 24.4 Å². The van der Waals surface area contributed by atoms with Gasteiger partial charge in [-0.2, -0.15) is 5.26 Å². The largest absolute Gasteiger partial charge is 0.351 e. The molecule has 22 heavy (non-hydrogen) atoms. The fourth-order valence-corrected chi connectivity index (χ4v) is 2.53. The molecule has 1 amide bonds. The van der Waals surface area contributed by atoms with Crippen molar-refractivity contribution in [2.24, 2.45) is 5.92 Å². The number of carbonyl (C=O) groups excluding carboxylic acids is 1. The highest BCUT2D eigenvalue weighted by atomic mass is 16.1. The number of benzene rings is 1. The monoisotopic (exact) mass is 297 g/mol. The van der Waals surface area contributed by atoms with E-state index in [0.717, 1.165) is 23.9 Å². The number of unbranched alkanes of at least 4 members (excludes halogenated alkanes) is 2. The molecule has 0 fully saturated rings. The highest BCUT2D eigenvalue weighted by Crippen LogP contribution is 2.22. The molecule has 0 radical (unpaired) electrons. The zero-order valence-electron chi connectivity index (χ0n) is 13.3. The number of para-hydroxylation sites is 1. The summed E-state index contributed by atoms with van der Waals surface area (Å²) in [5, 5.41) is 12.6. The van der Waals surface area contributed by atoms with Crippen LogP contribution in [0.1, 0.15) is 43.5 Å². The average Bonchev–Trinajstić information content (AvgIpc) is 2.91. The molecule has 1 N–H and O–H groups in total. The number of amides is 1. The molecular formula is C18H23N3O. The number of rotatable bonds is 7. The molecule has 4 nitrogen and oxygen atoms in total. The van der Waals surface area contributed by atoms with Crippen LogP contribution in [-0.4, -0.2) is 17.0 Å². The van der Waals surface area contributed by atoms with Crippen LogP contribution >= 0.6 is 0 Å². The van der Waals surface area contributed by atoms with Crippen LogP contribution in [0.5, 0.6) is 0 Å². The van der Waals surface area contributed by atoms with Crippen molar-refractivity contribution in [2.45, 2.75) is 39.7 Å². The van der Waals surface area contributed by atoms with E-state index < -0.39 is 0 Å². The van der Waals surface area contributed by atoms with Gasteiger partial charge in [0.2, 0.25) is 0 Å². The van der Waals surface area contributed by atoms with Gasteiger partial charge in [0.05, 0.1) is 17.6 Å². The molecule has 0 aliphatic carbocycles. The lowest BCUT2D eigenvalue weighted by atomic mass is 10.1. The van der Waals surface area contributed by atoms with Crippen molar-refractivity contribution in [3.05, 3.63) is 36.0 Å². The Kier molecular flexibility index (Phi) is 5.60. The lowest BCUT2D eigenvalue weighted by Crippen LogP contribution is -2.27. The number of hydrogen-bond donors (Lipinski definition) is 1. The fourth-order valence-electron chi connectivity index (χ4n) is 2.53. The molecule has 0 aliphatic heterocycles. The van der Waals surface area contributed by atoms with Gasteiger partial charge in [0.15, 0.2) is 0 Å². The van der Waals surface area contributed by atoms with E-state index in [9.17, 15) is 4.79 Å². The number of nitrogens with one attached hydrogen (secondary N) is 1. The summed E-state index contributed by atoms with van der Waals surface area (Å²) in [6.07, 6.45) is 5.42. The first kappa shape index (κ1) is 16.1. The molecule has 0 saturated carbocycles. The summed E-state index contributed by atoms with van der Waals surface area (Å²) in [5.74, 6) is -0.283. The number of carbonyl (C=O) groups is 1. The molecule has 1 aromatic carbocycles. The van der Waals surface area contributed by atoms with E-state index in [1.54, 1.807) is 6.92 Å². The summed E-state index contributed by atoms with van der Waals surface area (Å²) in [4.78, 5) is 12.4. The number of aromatic nitrogens is 1. The van der Waals surface area contributed by atoms with Gasteiger partial charge in [0.25, 0.3) is 5.91 Å². The number of nitrogens with zero attached hydrogens (tertiary/aromatic N) is 2. The van der Waals surface area contributed by atoms with Gasteiger partial charge in [0, 0.05) is 30.2 Å². The van der Waals surface area contributed by atoms with Crippen LogP contribution in [-0.2, 0) is 6.54 Å². The van der Waals surface area contributed by atoms with Crippen molar-refractivity contribution in [2.75, 3.05) is 6.54 Å². The molecule has 0 unspecified atom stereocenters. The Morgan fingerprint density at radius 1 is 1.36 bits per heavy atom. The summed E-state index contributed by atoms with van der Waals surface area (Å²) in [6, 6.07) is 10.1. The van der Waals surface area contributed by atoms with Crippen LogP contribution in [0.3, 0.4) is 0 Å². The third-order valence-electron chi connectivity index (χ3n) is 3.82. The second kappa shape index (κ2) is 7.65. The lowest BCUT2D eigenvalue weighted by molar-refractivity contribution is 0.0952. The number of hydrogen-bond acceptors (Lipinski definition) is 2. The molecule has 1 atom stereocenters. The van der Waals surface area contributed by atoms with Crippen LogP contribution in [0.2, 0.25) is 0 Å². The smallest absolute Gasteiger partial charge is 0.253 e. The molecule has 116 valence electrons. The Bertz CT molecular complexity index is 681. The normalized spacial score (nSPS) is 12.0. The summed E-state index contributed by atoms with van der Waals surface area (Å²) in [6.45, 7) is 5.29. The van der Waals surface area contributed by atoms with E-state index in [2.05, 4.69) is 28.9 Å². The first-order valence-electron chi connectivity index (χ1n) is 7.93. The highest BCUT2D eigenvalue weighted by Gasteiger charge is 2.15. The lowest BCUT2D eigenvalue weighted by Gasteiger charge is -2.05. The molecule has 0 saturated heterocycles. The fraction of sp³-hybridized carbons (Fsp3) is 0.444. The summed E-state index contributed by atoms with van der Waals surface area (Å²) in [5.41, 5.74) is 1.79. The maximum atomic E-state index is 12.4. The Morgan fingerprint density at radius 2 is 2.14 bits per heavy atom. The van der Waals surface area contributed by atoms with E-state index in [4.69, 9.17) is 5.26 Å². The minimum absolute atomic E-state index is 0.104. The minimum Gasteiger partial charge on any atom is -0.351 e. The van der Waals surface area contributed by atoms with Crippen molar-refractivity contribution in [3.63, 3.8) is 0 Å². The summed E-state index contributed by atoms with van der Waals surface area (Å²) >= 11 is 0. The van der Waals surface area contributed by atoms with Gasteiger partial charge in [-0.25, -0.2) is 0 Å². The van der Waals surface area contributed by atoms with Crippen LogP contribution in [0.15, 0.2) is 30.5 Å². The van der Waals surface area contributed by atoms with E-state index in [-0.39, 0.29) is 11.8 Å². The van der Waals surface area contributed by atoms with Gasteiger partial charge in [-0.3, -0.25) is 4.79 Å². The summed E-state index contributed by atoms with van der Waals surface area (Å²) < 4.78 is 2.16. The van der Waals surface area contributed by atoms with Gasteiger partial charge in [-0.05, 0) is 19.4 Å². The molecule has 2 aromatic rings. The Balaban J connectivity index is 2.22. The SMILES string of the molecule is CCCCCn1cc(C(=O)NC[C@H](C)C#N)c2ccccc21. The Hall–Kier alpha value is -2.28. The quantitative estimate of drug-likeness (QED) is 0.792. The van der Waals surface area contributed by atoms with E-state index >= 15 is 0 Å². The predicted molar refractivity (Wildman–Crippen MR) is 88.6 cm³/mol. The topological polar surface area (TPSA) is 57.8 Å². The van der Waals surface area contributed by atoms with Crippen LogP contribution in [0, 0.1) is 17.2 Å². The third kappa shape index (κ3) is 3.67. The van der Waals surface area contributed by atoms with Crippen LogP contribution < -0.4 is 5.32 Å². The second-order valence-corrected chi connectivity index (χ2v) is 5.70. The molecular weight excluding hydrogens is 274 g/mol. The van der Waals surface area contributed by atoms with Gasteiger partial charge < -0.3 is 9.88 Å². The van der Waals surface area contributed by atoms with Crippen molar-refractivity contribution in [1.82, 2.24) is 9.88 Å². The van der Waals surface area contributed by atoms with Crippen molar-refractivity contribution in [1.29, 1.82) is 5.26 Å². The van der Waals surface area contributed by atoms with Crippen LogP contribution in [0.25, 0.3) is 10.9 Å². The average molecular weight is 297 g/mol. The maximum absolute atomic E-state index is 12.4. The molecule has 0 spiro atoms. The molecule has 4 heteroatoms. The standard InChI is InChI=1S/C18H23N3O/c1-3-4-7-10-21-13-16(15-8-5-6-9-17(15)21)18(22)20-12-14(2)11-19/h5-6,8-9,13-14H,3-4,7,10,12H2,1-2H3,(H,20,22)/t14-/m1/s1. The summed E-state index contributed by atoms with van der Waals surface area (Å²) in [7, 11) is 0. The molecule has 2 rings (SSSR count). The number of aryl methyl sites for hydroxylation is 1.